The molecule has 2 rings (SSSR count). The Balaban J connectivity index is 2.03. The van der Waals surface area contributed by atoms with Crippen LogP contribution >= 0.6 is 0 Å². The molecule has 24 heavy (non-hydrogen) atoms. The summed E-state index contributed by atoms with van der Waals surface area (Å²) in [5.41, 5.74) is 3.49. The van der Waals surface area contributed by atoms with E-state index in [1.54, 1.807) is 26.2 Å². The molecule has 0 aliphatic carbocycles. The predicted octanol–water partition coefficient (Wildman–Crippen LogP) is 3.96. The van der Waals surface area contributed by atoms with Crippen molar-refractivity contribution in [2.24, 2.45) is 0 Å². The van der Waals surface area contributed by atoms with Crippen molar-refractivity contribution in [2.75, 3.05) is 7.11 Å². The summed E-state index contributed by atoms with van der Waals surface area (Å²) >= 11 is 0. The third kappa shape index (κ3) is 4.28. The van der Waals surface area contributed by atoms with Crippen LogP contribution in [0.5, 0.6) is 11.5 Å². The summed E-state index contributed by atoms with van der Waals surface area (Å²) in [6, 6.07) is 13.4. The summed E-state index contributed by atoms with van der Waals surface area (Å²) in [5.74, 6) is 1.01. The molecule has 1 amide bonds. The molecule has 0 bridgehead atoms. The Morgan fingerprint density at radius 3 is 2.33 bits per heavy atom. The normalized spacial score (nSPS) is 13.0. The fourth-order valence-electron chi connectivity index (χ4n) is 2.68. The van der Waals surface area contributed by atoms with Crippen LogP contribution in [0, 0.1) is 13.8 Å². The highest BCUT2D eigenvalue weighted by molar-refractivity contribution is 5.81. The van der Waals surface area contributed by atoms with Crippen molar-refractivity contribution in [3.05, 3.63) is 59.2 Å². The Morgan fingerprint density at radius 1 is 1.04 bits per heavy atom. The zero-order valence-corrected chi connectivity index (χ0v) is 14.9. The van der Waals surface area contributed by atoms with Crippen LogP contribution in [0.1, 0.15) is 36.6 Å². The summed E-state index contributed by atoms with van der Waals surface area (Å²) < 4.78 is 11.0. The van der Waals surface area contributed by atoms with Crippen molar-refractivity contribution in [3.63, 3.8) is 0 Å². The van der Waals surface area contributed by atoms with Gasteiger partial charge in [0.25, 0.3) is 5.91 Å². The maximum atomic E-state index is 12.4. The van der Waals surface area contributed by atoms with Gasteiger partial charge in [0.2, 0.25) is 0 Å². The second kappa shape index (κ2) is 7.86. The van der Waals surface area contributed by atoms with Gasteiger partial charge in [-0.3, -0.25) is 4.79 Å². The van der Waals surface area contributed by atoms with Crippen LogP contribution in [0.15, 0.2) is 42.5 Å². The SMILES string of the molecule is COc1ccccc1OC(C)C(=O)NC(C)c1ccc(C)cc1C. The number of hydrogen-bond acceptors (Lipinski definition) is 3. The van der Waals surface area contributed by atoms with Gasteiger partial charge in [0.1, 0.15) is 0 Å². The lowest BCUT2D eigenvalue weighted by Gasteiger charge is -2.21. The first-order valence-electron chi connectivity index (χ1n) is 8.09. The number of nitrogens with one attached hydrogen (secondary N) is 1. The minimum absolute atomic E-state index is 0.0816. The van der Waals surface area contributed by atoms with Crippen molar-refractivity contribution < 1.29 is 14.3 Å². The van der Waals surface area contributed by atoms with Crippen LogP contribution in [0.25, 0.3) is 0 Å². The standard InChI is InChI=1S/C20H25NO3/c1-13-10-11-17(14(2)12-13)15(3)21-20(22)16(4)24-19-9-7-6-8-18(19)23-5/h6-12,15-16H,1-5H3,(H,21,22). The first-order valence-corrected chi connectivity index (χ1v) is 8.09. The molecule has 0 radical (unpaired) electrons. The Kier molecular flexibility index (Phi) is 5.85. The molecule has 2 unspecified atom stereocenters. The maximum absolute atomic E-state index is 12.4. The molecule has 2 aromatic rings. The first kappa shape index (κ1) is 17.9. The number of rotatable bonds is 6. The van der Waals surface area contributed by atoms with E-state index in [1.807, 2.05) is 19.1 Å². The second-order valence-corrected chi connectivity index (χ2v) is 6.00. The average molecular weight is 327 g/mol. The number of benzene rings is 2. The molecule has 0 saturated heterocycles. The van der Waals surface area contributed by atoms with Gasteiger partial charge in [-0.15, -0.1) is 0 Å². The van der Waals surface area contributed by atoms with Crippen molar-refractivity contribution in [1.82, 2.24) is 5.32 Å². The highest BCUT2D eigenvalue weighted by Crippen LogP contribution is 2.27. The second-order valence-electron chi connectivity index (χ2n) is 6.00. The highest BCUT2D eigenvalue weighted by Gasteiger charge is 2.19. The molecule has 0 saturated carbocycles. The van der Waals surface area contributed by atoms with E-state index in [4.69, 9.17) is 9.47 Å². The molecule has 4 nitrogen and oxygen atoms in total. The van der Waals surface area contributed by atoms with Gasteiger partial charge in [0.05, 0.1) is 13.2 Å². The van der Waals surface area contributed by atoms with Gasteiger partial charge in [-0.1, -0.05) is 35.9 Å². The molecule has 0 heterocycles. The summed E-state index contributed by atoms with van der Waals surface area (Å²) in [5, 5.41) is 3.01. The van der Waals surface area contributed by atoms with E-state index < -0.39 is 6.10 Å². The van der Waals surface area contributed by atoms with Crippen molar-refractivity contribution in [3.8, 4) is 11.5 Å². The van der Waals surface area contributed by atoms with Gasteiger partial charge in [0.15, 0.2) is 17.6 Å². The molecule has 128 valence electrons. The predicted molar refractivity (Wildman–Crippen MR) is 95.6 cm³/mol. The molecule has 0 spiro atoms. The van der Waals surface area contributed by atoms with E-state index in [0.29, 0.717) is 11.5 Å². The highest BCUT2D eigenvalue weighted by atomic mass is 16.5. The summed E-state index contributed by atoms with van der Waals surface area (Å²) in [7, 11) is 1.58. The summed E-state index contributed by atoms with van der Waals surface area (Å²) in [6.07, 6.45) is -0.616. The monoisotopic (exact) mass is 327 g/mol. The topological polar surface area (TPSA) is 47.6 Å². The lowest BCUT2D eigenvalue weighted by molar-refractivity contribution is -0.127. The van der Waals surface area contributed by atoms with Gasteiger partial charge in [0, 0.05) is 0 Å². The van der Waals surface area contributed by atoms with E-state index in [2.05, 4.69) is 37.4 Å². The van der Waals surface area contributed by atoms with Gasteiger partial charge >= 0.3 is 0 Å². The zero-order valence-electron chi connectivity index (χ0n) is 14.9. The number of ether oxygens (including phenoxy) is 2. The smallest absolute Gasteiger partial charge is 0.261 e. The molecule has 1 N–H and O–H groups in total. The van der Waals surface area contributed by atoms with Crippen molar-refractivity contribution in [1.29, 1.82) is 0 Å². The number of hydrogen-bond donors (Lipinski definition) is 1. The number of aryl methyl sites for hydroxylation is 2. The molecule has 2 atom stereocenters. The molecular formula is C20H25NO3. The Labute approximate surface area is 143 Å². The third-order valence-corrected chi connectivity index (χ3v) is 3.99. The minimum atomic E-state index is -0.616. The lowest BCUT2D eigenvalue weighted by atomic mass is 10.0. The van der Waals surface area contributed by atoms with Crippen LogP contribution in [-0.4, -0.2) is 19.1 Å². The van der Waals surface area contributed by atoms with Crippen molar-refractivity contribution in [2.45, 2.75) is 39.8 Å². The molecule has 2 aromatic carbocycles. The van der Waals surface area contributed by atoms with Crippen molar-refractivity contribution >= 4 is 5.91 Å². The fraction of sp³-hybridized carbons (Fsp3) is 0.350. The Hall–Kier alpha value is -2.49. The number of carbonyl (C=O) groups is 1. The molecule has 4 heteroatoms. The van der Waals surface area contributed by atoms with Gasteiger partial charge < -0.3 is 14.8 Å². The van der Waals surface area contributed by atoms with Gasteiger partial charge in [-0.2, -0.15) is 0 Å². The van der Waals surface area contributed by atoms with Crippen LogP contribution in [0.3, 0.4) is 0 Å². The summed E-state index contributed by atoms with van der Waals surface area (Å²) in [4.78, 5) is 12.4. The van der Waals surface area contributed by atoms with E-state index in [0.717, 1.165) is 5.56 Å². The van der Waals surface area contributed by atoms with Crippen LogP contribution in [-0.2, 0) is 4.79 Å². The molecule has 0 aliphatic rings. The van der Waals surface area contributed by atoms with Crippen LogP contribution in [0.4, 0.5) is 0 Å². The number of amides is 1. The molecule has 0 fully saturated rings. The Morgan fingerprint density at radius 2 is 1.71 bits per heavy atom. The average Bonchev–Trinajstić information content (AvgIpc) is 2.55. The number of methoxy groups -OCH3 is 1. The van der Waals surface area contributed by atoms with Crippen LogP contribution < -0.4 is 14.8 Å². The minimum Gasteiger partial charge on any atom is -0.493 e. The third-order valence-electron chi connectivity index (χ3n) is 3.99. The first-order chi connectivity index (χ1) is 11.4. The summed E-state index contributed by atoms with van der Waals surface area (Å²) in [6.45, 7) is 7.82. The Bertz CT molecular complexity index is 712. The number of carbonyl (C=O) groups excluding carboxylic acids is 1. The number of para-hydroxylation sites is 2. The lowest BCUT2D eigenvalue weighted by Crippen LogP contribution is -2.38. The maximum Gasteiger partial charge on any atom is 0.261 e. The van der Waals surface area contributed by atoms with Crippen LogP contribution in [0.2, 0.25) is 0 Å². The van der Waals surface area contributed by atoms with Gasteiger partial charge in [-0.25, -0.2) is 0 Å². The molecule has 0 aliphatic heterocycles. The van der Waals surface area contributed by atoms with E-state index >= 15 is 0 Å². The van der Waals surface area contributed by atoms with E-state index in [1.165, 1.54) is 11.1 Å². The molecule has 0 aromatic heterocycles. The van der Waals surface area contributed by atoms with E-state index in [9.17, 15) is 4.79 Å². The fourth-order valence-corrected chi connectivity index (χ4v) is 2.68. The zero-order chi connectivity index (χ0) is 17.7. The van der Waals surface area contributed by atoms with E-state index in [-0.39, 0.29) is 11.9 Å². The molecular weight excluding hydrogens is 302 g/mol. The largest absolute Gasteiger partial charge is 0.493 e. The quantitative estimate of drug-likeness (QED) is 0.874. The van der Waals surface area contributed by atoms with Gasteiger partial charge in [-0.05, 0) is 51.0 Å².